The summed E-state index contributed by atoms with van der Waals surface area (Å²) >= 11 is 0. The van der Waals surface area contributed by atoms with E-state index in [1.54, 1.807) is 30.5 Å². The Labute approximate surface area is 134 Å². The predicted molar refractivity (Wildman–Crippen MR) is 89.3 cm³/mol. The number of anilines is 1. The second-order valence-electron chi connectivity index (χ2n) is 4.88. The standard InChI is InChI=1S/C15H11N5O4/c21-19(22)11-5-6-12-10(8-16-14(12)7-11)9-17-18-13-3-1-2-4-15(13)20(23)24/h1-9,16,18H. The molecule has 0 saturated heterocycles. The van der Waals surface area contributed by atoms with Crippen molar-refractivity contribution in [2.75, 3.05) is 5.43 Å². The number of non-ortho nitro benzene ring substituents is 1. The van der Waals surface area contributed by atoms with E-state index in [1.165, 1.54) is 24.4 Å². The highest BCUT2D eigenvalue weighted by Crippen LogP contribution is 2.24. The van der Waals surface area contributed by atoms with Crippen LogP contribution in [0.25, 0.3) is 10.9 Å². The van der Waals surface area contributed by atoms with Crippen molar-refractivity contribution < 1.29 is 9.85 Å². The number of para-hydroxylation sites is 2. The summed E-state index contributed by atoms with van der Waals surface area (Å²) in [5, 5.41) is 26.5. The number of nitrogens with zero attached hydrogens (tertiary/aromatic N) is 3. The van der Waals surface area contributed by atoms with Crippen LogP contribution < -0.4 is 5.43 Å². The maximum Gasteiger partial charge on any atom is 0.294 e. The Balaban J connectivity index is 1.84. The molecule has 0 aliphatic rings. The Morgan fingerprint density at radius 3 is 2.62 bits per heavy atom. The number of fused-ring (bicyclic) bond motifs is 1. The monoisotopic (exact) mass is 325 g/mol. The molecule has 9 nitrogen and oxygen atoms in total. The van der Waals surface area contributed by atoms with Gasteiger partial charge >= 0.3 is 0 Å². The van der Waals surface area contributed by atoms with E-state index in [1.807, 2.05) is 0 Å². The number of benzene rings is 2. The summed E-state index contributed by atoms with van der Waals surface area (Å²) in [5.41, 5.74) is 4.13. The lowest BCUT2D eigenvalue weighted by atomic mass is 10.2. The molecule has 0 saturated carbocycles. The molecule has 0 bridgehead atoms. The van der Waals surface area contributed by atoms with Crippen molar-refractivity contribution in [1.29, 1.82) is 0 Å². The first-order valence-corrected chi connectivity index (χ1v) is 6.84. The molecule has 3 aromatic rings. The van der Waals surface area contributed by atoms with Gasteiger partial charge in [0.1, 0.15) is 5.69 Å². The fraction of sp³-hybridized carbons (Fsp3) is 0. The van der Waals surface area contributed by atoms with Crippen molar-refractivity contribution in [3.05, 3.63) is 74.5 Å². The highest BCUT2D eigenvalue weighted by molar-refractivity contribution is 5.99. The molecule has 0 fully saturated rings. The third-order valence-corrected chi connectivity index (χ3v) is 3.40. The first kappa shape index (κ1) is 15.2. The zero-order valence-electron chi connectivity index (χ0n) is 12.2. The molecule has 0 atom stereocenters. The number of nitro benzene ring substituents is 2. The molecule has 2 N–H and O–H groups in total. The quantitative estimate of drug-likeness (QED) is 0.422. The summed E-state index contributed by atoms with van der Waals surface area (Å²) in [7, 11) is 0. The van der Waals surface area contributed by atoms with Crippen LogP contribution in [0.3, 0.4) is 0 Å². The van der Waals surface area contributed by atoms with Crippen molar-refractivity contribution in [2.24, 2.45) is 5.10 Å². The normalized spacial score (nSPS) is 11.0. The minimum atomic E-state index is -0.497. The van der Waals surface area contributed by atoms with Gasteiger partial charge in [-0.2, -0.15) is 5.10 Å². The van der Waals surface area contributed by atoms with Crippen molar-refractivity contribution in [3.8, 4) is 0 Å². The van der Waals surface area contributed by atoms with Gasteiger partial charge in [-0.05, 0) is 12.1 Å². The summed E-state index contributed by atoms with van der Waals surface area (Å²) < 4.78 is 0. The maximum atomic E-state index is 10.9. The number of aromatic nitrogens is 1. The minimum Gasteiger partial charge on any atom is -0.360 e. The van der Waals surface area contributed by atoms with Crippen LogP contribution in [0.15, 0.2) is 53.8 Å². The molecule has 0 radical (unpaired) electrons. The van der Waals surface area contributed by atoms with Crippen LogP contribution in [0.5, 0.6) is 0 Å². The highest BCUT2D eigenvalue weighted by atomic mass is 16.6. The lowest BCUT2D eigenvalue weighted by molar-refractivity contribution is -0.384. The summed E-state index contributed by atoms with van der Waals surface area (Å²) in [6.45, 7) is 0. The van der Waals surface area contributed by atoms with Gasteiger partial charge in [0.15, 0.2) is 0 Å². The van der Waals surface area contributed by atoms with Crippen LogP contribution in [0, 0.1) is 20.2 Å². The predicted octanol–water partition coefficient (Wildman–Crippen LogP) is 3.43. The van der Waals surface area contributed by atoms with Gasteiger partial charge in [0.2, 0.25) is 0 Å². The van der Waals surface area contributed by atoms with Crippen LogP contribution in [0.1, 0.15) is 5.56 Å². The first-order valence-electron chi connectivity index (χ1n) is 6.84. The van der Waals surface area contributed by atoms with E-state index in [0.29, 0.717) is 11.1 Å². The van der Waals surface area contributed by atoms with Crippen LogP contribution in [0.4, 0.5) is 17.1 Å². The minimum absolute atomic E-state index is 0.00845. The Kier molecular flexibility index (Phi) is 3.89. The van der Waals surface area contributed by atoms with E-state index in [9.17, 15) is 20.2 Å². The number of nitro groups is 2. The topological polar surface area (TPSA) is 126 Å². The number of hydrogen-bond donors (Lipinski definition) is 2. The molecular weight excluding hydrogens is 314 g/mol. The first-order chi connectivity index (χ1) is 11.6. The van der Waals surface area contributed by atoms with Crippen molar-refractivity contribution >= 4 is 34.2 Å². The molecule has 0 aliphatic heterocycles. The third kappa shape index (κ3) is 2.90. The van der Waals surface area contributed by atoms with Crippen molar-refractivity contribution in [2.45, 2.75) is 0 Å². The molecule has 1 aromatic heterocycles. The number of aromatic amines is 1. The zero-order valence-corrected chi connectivity index (χ0v) is 12.2. The summed E-state index contributed by atoms with van der Waals surface area (Å²) in [5.74, 6) is 0. The lowest BCUT2D eigenvalue weighted by Crippen LogP contribution is -1.96. The van der Waals surface area contributed by atoms with Gasteiger partial charge in [-0.25, -0.2) is 0 Å². The molecule has 3 rings (SSSR count). The summed E-state index contributed by atoms with van der Waals surface area (Å²) in [6, 6.07) is 10.6. The maximum absolute atomic E-state index is 10.9. The van der Waals surface area contributed by atoms with E-state index in [2.05, 4.69) is 15.5 Å². The number of nitrogens with one attached hydrogen (secondary N) is 2. The van der Waals surface area contributed by atoms with Gasteiger partial charge in [-0.15, -0.1) is 0 Å². The molecule has 9 heteroatoms. The zero-order chi connectivity index (χ0) is 17.1. The highest BCUT2D eigenvalue weighted by Gasteiger charge is 2.11. The lowest BCUT2D eigenvalue weighted by Gasteiger charge is -2.00. The molecular formula is C15H11N5O4. The number of hydrazone groups is 1. The molecule has 1 heterocycles. The van der Waals surface area contributed by atoms with E-state index >= 15 is 0 Å². The SMILES string of the molecule is O=[N+]([O-])c1ccc2c(C=NNc3ccccc3[N+](=O)[O-])c[nH]c2c1. The third-order valence-electron chi connectivity index (χ3n) is 3.40. The molecule has 0 unspecified atom stereocenters. The molecule has 0 aliphatic carbocycles. The Bertz CT molecular complexity index is 963. The number of rotatable bonds is 5. The average molecular weight is 325 g/mol. The molecule has 2 aromatic carbocycles. The van der Waals surface area contributed by atoms with Crippen LogP contribution in [-0.2, 0) is 0 Å². The summed E-state index contributed by atoms with van der Waals surface area (Å²) in [4.78, 5) is 23.7. The second kappa shape index (κ2) is 6.16. The molecule has 0 spiro atoms. The smallest absolute Gasteiger partial charge is 0.294 e. The Hall–Kier alpha value is -3.75. The van der Waals surface area contributed by atoms with Gasteiger partial charge in [-0.3, -0.25) is 25.7 Å². The van der Waals surface area contributed by atoms with Gasteiger partial charge in [-0.1, -0.05) is 12.1 Å². The molecule has 0 amide bonds. The van der Waals surface area contributed by atoms with Crippen LogP contribution >= 0.6 is 0 Å². The second-order valence-corrected chi connectivity index (χ2v) is 4.88. The van der Waals surface area contributed by atoms with Gasteiger partial charge in [0, 0.05) is 35.3 Å². The molecule has 24 heavy (non-hydrogen) atoms. The largest absolute Gasteiger partial charge is 0.360 e. The van der Waals surface area contributed by atoms with Gasteiger partial charge in [0.05, 0.1) is 21.6 Å². The van der Waals surface area contributed by atoms with Crippen molar-refractivity contribution in [3.63, 3.8) is 0 Å². The fourth-order valence-corrected chi connectivity index (χ4v) is 2.26. The Morgan fingerprint density at radius 2 is 1.88 bits per heavy atom. The summed E-state index contributed by atoms with van der Waals surface area (Å²) in [6.07, 6.45) is 3.14. The van der Waals surface area contributed by atoms with E-state index < -0.39 is 9.85 Å². The van der Waals surface area contributed by atoms with E-state index in [4.69, 9.17) is 0 Å². The number of H-pyrrole nitrogens is 1. The number of hydrogen-bond acceptors (Lipinski definition) is 6. The van der Waals surface area contributed by atoms with Crippen molar-refractivity contribution in [1.82, 2.24) is 4.98 Å². The van der Waals surface area contributed by atoms with E-state index in [0.717, 1.165) is 5.39 Å². The van der Waals surface area contributed by atoms with Crippen LogP contribution in [-0.4, -0.2) is 21.0 Å². The molecule has 120 valence electrons. The van der Waals surface area contributed by atoms with Gasteiger partial charge < -0.3 is 4.98 Å². The Morgan fingerprint density at radius 1 is 1.08 bits per heavy atom. The van der Waals surface area contributed by atoms with E-state index in [-0.39, 0.29) is 17.1 Å². The fourth-order valence-electron chi connectivity index (χ4n) is 2.26. The van der Waals surface area contributed by atoms with Gasteiger partial charge in [0.25, 0.3) is 11.4 Å². The average Bonchev–Trinajstić information content (AvgIpc) is 2.97. The van der Waals surface area contributed by atoms with Crippen LogP contribution in [0.2, 0.25) is 0 Å².